The van der Waals surface area contributed by atoms with Crippen molar-refractivity contribution < 1.29 is 38.1 Å². The zero-order valence-electron chi connectivity index (χ0n) is 22.4. The first-order chi connectivity index (χ1) is 20.0. The molecular formula is C31H31ClO8S. The minimum atomic E-state index is -1.22. The van der Waals surface area contributed by atoms with Gasteiger partial charge >= 0.3 is 17.9 Å². The standard InChI is InChI=1S/C31H31ClO8S/c1-2-41-31-28(40-30(35)23-16-10-5-11-17-23)27(38-25(33)18-32)26(39-29(34)22-14-8-4-9-15-22)24(37-31)20-36-19-21-12-6-3-7-13-21/h3-17,24,26-28,31H,2,18-20H2,1H3/t24-,26+,27+,28-,31+/m1/s1. The minimum absolute atomic E-state index is 0.0106. The molecule has 41 heavy (non-hydrogen) atoms. The fourth-order valence-electron chi connectivity index (χ4n) is 4.29. The molecular weight excluding hydrogens is 568 g/mol. The second-order valence-electron chi connectivity index (χ2n) is 9.06. The first-order valence-corrected chi connectivity index (χ1v) is 14.7. The summed E-state index contributed by atoms with van der Waals surface area (Å²) in [5.74, 6) is -1.90. The smallest absolute Gasteiger partial charge is 0.338 e. The van der Waals surface area contributed by atoms with Crippen LogP contribution in [0.4, 0.5) is 0 Å². The molecule has 0 saturated carbocycles. The van der Waals surface area contributed by atoms with Crippen LogP contribution in [-0.4, -0.2) is 66.0 Å². The lowest BCUT2D eigenvalue weighted by Gasteiger charge is -2.44. The maximum absolute atomic E-state index is 13.2. The van der Waals surface area contributed by atoms with Crippen molar-refractivity contribution in [1.29, 1.82) is 0 Å². The van der Waals surface area contributed by atoms with Crippen LogP contribution in [0.15, 0.2) is 91.0 Å². The molecule has 4 rings (SSSR count). The Morgan fingerprint density at radius 1 is 0.756 bits per heavy atom. The molecule has 0 N–H and O–H groups in total. The maximum atomic E-state index is 13.2. The molecule has 1 aliphatic heterocycles. The highest BCUT2D eigenvalue weighted by Crippen LogP contribution is 2.35. The van der Waals surface area contributed by atoms with Crippen LogP contribution in [0.3, 0.4) is 0 Å². The largest absolute Gasteiger partial charge is 0.453 e. The number of carbonyl (C=O) groups is 3. The van der Waals surface area contributed by atoms with Crippen LogP contribution in [0.25, 0.3) is 0 Å². The van der Waals surface area contributed by atoms with E-state index in [0.717, 1.165) is 5.56 Å². The highest BCUT2D eigenvalue weighted by molar-refractivity contribution is 7.99. The Balaban J connectivity index is 1.65. The van der Waals surface area contributed by atoms with Gasteiger partial charge in [0.15, 0.2) is 18.3 Å². The first kappa shape index (κ1) is 30.6. The molecule has 8 nitrogen and oxygen atoms in total. The number of hydrogen-bond donors (Lipinski definition) is 0. The number of ether oxygens (including phenoxy) is 5. The van der Waals surface area contributed by atoms with E-state index < -0.39 is 53.6 Å². The number of alkyl halides is 1. The molecule has 216 valence electrons. The van der Waals surface area contributed by atoms with Crippen LogP contribution in [0.2, 0.25) is 0 Å². The fraction of sp³-hybridized carbons (Fsp3) is 0.323. The van der Waals surface area contributed by atoms with Gasteiger partial charge in [0.1, 0.15) is 17.4 Å². The number of esters is 3. The molecule has 0 amide bonds. The summed E-state index contributed by atoms with van der Waals surface area (Å²) < 4.78 is 29.9. The summed E-state index contributed by atoms with van der Waals surface area (Å²) >= 11 is 7.17. The fourth-order valence-corrected chi connectivity index (χ4v) is 5.31. The minimum Gasteiger partial charge on any atom is -0.453 e. The Morgan fingerprint density at radius 2 is 1.29 bits per heavy atom. The van der Waals surface area contributed by atoms with Gasteiger partial charge in [0.25, 0.3) is 0 Å². The Labute approximate surface area is 248 Å². The average molecular weight is 599 g/mol. The van der Waals surface area contributed by atoms with Crippen molar-refractivity contribution in [3.05, 3.63) is 108 Å². The number of rotatable bonds is 12. The van der Waals surface area contributed by atoms with Crippen LogP contribution < -0.4 is 0 Å². The quantitative estimate of drug-likeness (QED) is 0.157. The number of carbonyl (C=O) groups excluding carboxylic acids is 3. The molecule has 0 aliphatic carbocycles. The van der Waals surface area contributed by atoms with E-state index >= 15 is 0 Å². The van der Waals surface area contributed by atoms with Crippen LogP contribution in [0.5, 0.6) is 0 Å². The molecule has 5 atom stereocenters. The van der Waals surface area contributed by atoms with E-state index in [9.17, 15) is 14.4 Å². The topological polar surface area (TPSA) is 97.4 Å². The highest BCUT2D eigenvalue weighted by Gasteiger charge is 2.52. The van der Waals surface area contributed by atoms with Crippen molar-refractivity contribution in [2.45, 2.75) is 43.4 Å². The third-order valence-electron chi connectivity index (χ3n) is 6.20. The maximum Gasteiger partial charge on any atom is 0.338 e. The van der Waals surface area contributed by atoms with Crippen LogP contribution in [0.1, 0.15) is 33.2 Å². The summed E-state index contributed by atoms with van der Waals surface area (Å²) in [6.45, 7) is 2.22. The summed E-state index contributed by atoms with van der Waals surface area (Å²) in [5, 5.41) is 0. The molecule has 0 radical (unpaired) electrons. The molecule has 0 bridgehead atoms. The first-order valence-electron chi connectivity index (χ1n) is 13.2. The Kier molecular flexibility index (Phi) is 11.6. The van der Waals surface area contributed by atoms with Crippen molar-refractivity contribution in [3.63, 3.8) is 0 Å². The number of hydrogen-bond acceptors (Lipinski definition) is 9. The summed E-state index contributed by atoms with van der Waals surface area (Å²) in [7, 11) is 0. The van der Waals surface area contributed by atoms with E-state index in [0.29, 0.717) is 16.9 Å². The predicted octanol–water partition coefficient (Wildman–Crippen LogP) is 5.28. The molecule has 10 heteroatoms. The van der Waals surface area contributed by atoms with Crippen molar-refractivity contribution in [3.8, 4) is 0 Å². The van der Waals surface area contributed by atoms with Gasteiger partial charge in [-0.1, -0.05) is 73.7 Å². The van der Waals surface area contributed by atoms with Crippen LogP contribution in [0, 0.1) is 0 Å². The molecule has 1 heterocycles. The van der Waals surface area contributed by atoms with Crippen LogP contribution in [-0.2, 0) is 35.1 Å². The van der Waals surface area contributed by atoms with Crippen molar-refractivity contribution in [2.24, 2.45) is 0 Å². The summed E-state index contributed by atoms with van der Waals surface area (Å²) in [6.07, 6.45) is -4.35. The molecule has 0 unspecified atom stereocenters. The van der Waals surface area contributed by atoms with Gasteiger partial charge in [0.2, 0.25) is 0 Å². The zero-order chi connectivity index (χ0) is 29.0. The Morgan fingerprint density at radius 3 is 1.83 bits per heavy atom. The van der Waals surface area contributed by atoms with E-state index in [1.807, 2.05) is 37.3 Å². The highest BCUT2D eigenvalue weighted by atomic mass is 35.5. The van der Waals surface area contributed by atoms with E-state index in [1.54, 1.807) is 60.7 Å². The van der Waals surface area contributed by atoms with Crippen molar-refractivity contribution in [2.75, 3.05) is 18.2 Å². The number of benzene rings is 3. The van der Waals surface area contributed by atoms with Gasteiger partial charge in [-0.25, -0.2) is 9.59 Å². The Hall–Kier alpha value is -3.37. The normalized spacial score (nSPS) is 22.0. The molecule has 0 spiro atoms. The monoisotopic (exact) mass is 598 g/mol. The summed E-state index contributed by atoms with van der Waals surface area (Å²) in [6, 6.07) is 26.4. The van der Waals surface area contributed by atoms with Crippen molar-refractivity contribution in [1.82, 2.24) is 0 Å². The van der Waals surface area contributed by atoms with E-state index in [1.165, 1.54) is 11.8 Å². The molecule has 1 saturated heterocycles. The SMILES string of the molecule is CCS[C@@H]1O[C@H](COCc2ccccc2)[C@H](OC(=O)c2ccccc2)[C@H](OC(=O)CCl)[C@H]1OC(=O)c1ccccc1. The lowest BCUT2D eigenvalue weighted by atomic mass is 9.99. The van der Waals surface area contributed by atoms with E-state index in [4.69, 9.17) is 35.3 Å². The van der Waals surface area contributed by atoms with Gasteiger partial charge in [0.05, 0.1) is 24.3 Å². The van der Waals surface area contributed by atoms with Gasteiger partial charge in [-0.2, -0.15) is 0 Å². The molecule has 1 aliphatic rings. The summed E-state index contributed by atoms with van der Waals surface area (Å²) in [5.41, 5.74) is 0.793. The predicted molar refractivity (Wildman–Crippen MR) is 155 cm³/mol. The van der Waals surface area contributed by atoms with Gasteiger partial charge in [-0.05, 0) is 35.6 Å². The molecule has 3 aromatic rings. The average Bonchev–Trinajstić information content (AvgIpc) is 3.01. The van der Waals surface area contributed by atoms with E-state index in [2.05, 4.69) is 0 Å². The van der Waals surface area contributed by atoms with Gasteiger partial charge in [-0.3, -0.25) is 4.79 Å². The van der Waals surface area contributed by atoms with Crippen molar-refractivity contribution >= 4 is 41.3 Å². The Bertz CT molecular complexity index is 1260. The number of thioether (sulfide) groups is 1. The van der Waals surface area contributed by atoms with Gasteiger partial charge in [0, 0.05) is 0 Å². The third-order valence-corrected chi connectivity index (χ3v) is 7.46. The molecule has 1 fully saturated rings. The van der Waals surface area contributed by atoms with Gasteiger partial charge < -0.3 is 23.7 Å². The second kappa shape index (κ2) is 15.6. The zero-order valence-corrected chi connectivity index (χ0v) is 24.0. The van der Waals surface area contributed by atoms with Gasteiger partial charge in [-0.15, -0.1) is 23.4 Å². The molecule has 0 aromatic heterocycles. The lowest BCUT2D eigenvalue weighted by Crippen LogP contribution is -2.61. The van der Waals surface area contributed by atoms with E-state index in [-0.39, 0.29) is 13.2 Å². The second-order valence-corrected chi connectivity index (χ2v) is 10.7. The third kappa shape index (κ3) is 8.56. The lowest BCUT2D eigenvalue weighted by molar-refractivity contribution is -0.223. The number of halogens is 1. The summed E-state index contributed by atoms with van der Waals surface area (Å²) in [4.78, 5) is 38.9. The van der Waals surface area contributed by atoms with Crippen LogP contribution >= 0.6 is 23.4 Å². The molecule has 3 aromatic carbocycles.